The lowest BCUT2D eigenvalue weighted by Gasteiger charge is -2.26. The molecule has 1 rings (SSSR count). The first-order valence-corrected chi connectivity index (χ1v) is 4.05. The van der Waals surface area contributed by atoms with E-state index < -0.39 is 0 Å². The van der Waals surface area contributed by atoms with Crippen LogP contribution in [0.3, 0.4) is 0 Å². The topological polar surface area (TPSA) is 29.3 Å². The maximum atomic E-state index is 4.50. The van der Waals surface area contributed by atoms with E-state index in [0.717, 1.165) is 5.92 Å². The molecule has 0 spiro atoms. The van der Waals surface area contributed by atoms with Crippen LogP contribution in [0.4, 0.5) is 0 Å². The predicted octanol–water partition coefficient (Wildman–Crippen LogP) is 0.923. The van der Waals surface area contributed by atoms with E-state index in [2.05, 4.69) is 24.6 Å². The molecule has 1 fully saturated rings. The molecule has 0 aromatic rings. The molecule has 0 aromatic carbocycles. The molecule has 0 saturated carbocycles. The van der Waals surface area contributed by atoms with Crippen LogP contribution in [-0.4, -0.2) is 32.1 Å². The molecular weight excluding hydrogens is 124 g/mol. The van der Waals surface area contributed by atoms with Crippen LogP contribution < -0.4 is 5.73 Å². The van der Waals surface area contributed by atoms with Crippen LogP contribution in [0.25, 0.3) is 0 Å². The van der Waals surface area contributed by atoms with Crippen molar-refractivity contribution in [3.63, 3.8) is 0 Å². The second-order valence-electron chi connectivity index (χ2n) is 2.99. The van der Waals surface area contributed by atoms with Crippen LogP contribution >= 0.6 is 0 Å². The zero-order valence-corrected chi connectivity index (χ0v) is 7.43. The highest BCUT2D eigenvalue weighted by Gasteiger charge is 2.10. The summed E-state index contributed by atoms with van der Waals surface area (Å²) in [4.78, 5) is 2.40. The van der Waals surface area contributed by atoms with Crippen LogP contribution in [0.1, 0.15) is 19.8 Å². The van der Waals surface area contributed by atoms with Gasteiger partial charge in [0.2, 0.25) is 0 Å². The molecular formula is C8H20N2. The van der Waals surface area contributed by atoms with Gasteiger partial charge in [0, 0.05) is 0 Å². The molecule has 2 N–H and O–H groups in total. The van der Waals surface area contributed by atoms with Gasteiger partial charge in [-0.2, -0.15) is 0 Å². The van der Waals surface area contributed by atoms with Crippen molar-refractivity contribution in [2.45, 2.75) is 19.8 Å². The molecule has 10 heavy (non-hydrogen) atoms. The van der Waals surface area contributed by atoms with E-state index in [0.29, 0.717) is 0 Å². The molecule has 2 nitrogen and oxygen atoms in total. The number of nitrogens with two attached hydrogens (primary N) is 1. The number of piperidine rings is 1. The summed E-state index contributed by atoms with van der Waals surface area (Å²) in [6.45, 7) is 4.95. The Labute approximate surface area is 64.4 Å². The third kappa shape index (κ3) is 3.85. The lowest BCUT2D eigenvalue weighted by molar-refractivity contribution is 0.230. The number of nitrogens with zero attached hydrogens (tertiary/aromatic N) is 1. The minimum atomic E-state index is 0.978. The maximum Gasteiger partial charge on any atom is -0.00192 e. The standard InChI is InChI=1S/C7H15N.CH5N/c1-7-3-5-8(2)6-4-7;1-2/h7H,3-6H2,1-2H3;2H2,1H3. The summed E-state index contributed by atoms with van der Waals surface area (Å²) in [5.74, 6) is 0.978. The summed E-state index contributed by atoms with van der Waals surface area (Å²) >= 11 is 0. The molecule has 1 heterocycles. The van der Waals surface area contributed by atoms with Crippen LogP contribution in [0.15, 0.2) is 0 Å². The predicted molar refractivity (Wildman–Crippen MR) is 46.0 cm³/mol. The number of hydrogen-bond acceptors (Lipinski definition) is 2. The van der Waals surface area contributed by atoms with Crippen molar-refractivity contribution in [2.75, 3.05) is 27.2 Å². The van der Waals surface area contributed by atoms with E-state index >= 15 is 0 Å². The molecule has 1 saturated heterocycles. The SMILES string of the molecule is CC1CCN(C)CC1.CN. The quantitative estimate of drug-likeness (QED) is 0.548. The van der Waals surface area contributed by atoms with Crippen LogP contribution in [-0.2, 0) is 0 Å². The van der Waals surface area contributed by atoms with Gasteiger partial charge in [-0.15, -0.1) is 0 Å². The summed E-state index contributed by atoms with van der Waals surface area (Å²) in [6.07, 6.45) is 2.80. The Bertz CT molecular complexity index is 55.7. The van der Waals surface area contributed by atoms with Crippen molar-refractivity contribution in [1.82, 2.24) is 4.90 Å². The van der Waals surface area contributed by atoms with Gasteiger partial charge >= 0.3 is 0 Å². The molecule has 1 aliphatic heterocycles. The van der Waals surface area contributed by atoms with Gasteiger partial charge in [0.1, 0.15) is 0 Å². The fourth-order valence-corrected chi connectivity index (χ4v) is 1.14. The molecule has 0 radical (unpaired) electrons. The van der Waals surface area contributed by atoms with Gasteiger partial charge in [0.15, 0.2) is 0 Å². The van der Waals surface area contributed by atoms with Gasteiger partial charge in [-0.25, -0.2) is 0 Å². The summed E-state index contributed by atoms with van der Waals surface area (Å²) in [6, 6.07) is 0. The molecule has 0 unspecified atom stereocenters. The maximum absolute atomic E-state index is 4.50. The first-order chi connectivity index (χ1) is 4.79. The van der Waals surface area contributed by atoms with Crippen molar-refractivity contribution in [3.05, 3.63) is 0 Å². The second-order valence-corrected chi connectivity index (χ2v) is 2.99. The molecule has 62 valence electrons. The average Bonchev–Trinajstić information content (AvgIpc) is 2.00. The van der Waals surface area contributed by atoms with Crippen LogP contribution in [0, 0.1) is 5.92 Å². The van der Waals surface area contributed by atoms with Gasteiger partial charge < -0.3 is 10.6 Å². The number of hydrogen-bond donors (Lipinski definition) is 1. The van der Waals surface area contributed by atoms with Crippen LogP contribution in [0.5, 0.6) is 0 Å². The van der Waals surface area contributed by atoms with Crippen molar-refractivity contribution in [2.24, 2.45) is 11.7 Å². The fourth-order valence-electron chi connectivity index (χ4n) is 1.14. The zero-order valence-electron chi connectivity index (χ0n) is 7.43. The molecule has 0 aliphatic carbocycles. The Morgan fingerprint density at radius 1 is 1.20 bits per heavy atom. The van der Waals surface area contributed by atoms with Gasteiger partial charge in [-0.05, 0) is 45.9 Å². The van der Waals surface area contributed by atoms with E-state index in [1.165, 1.54) is 33.0 Å². The highest BCUT2D eigenvalue weighted by Crippen LogP contribution is 2.13. The molecule has 1 aliphatic rings. The van der Waals surface area contributed by atoms with E-state index in [9.17, 15) is 0 Å². The normalized spacial score (nSPS) is 21.6. The third-order valence-electron chi connectivity index (χ3n) is 2.01. The zero-order chi connectivity index (χ0) is 7.98. The summed E-state index contributed by atoms with van der Waals surface area (Å²) in [7, 11) is 3.70. The molecule has 0 atom stereocenters. The van der Waals surface area contributed by atoms with Crippen molar-refractivity contribution in [3.8, 4) is 0 Å². The largest absolute Gasteiger partial charge is 0.333 e. The smallest absolute Gasteiger partial charge is 0.00192 e. The van der Waals surface area contributed by atoms with Gasteiger partial charge in [-0.3, -0.25) is 0 Å². The lowest BCUT2D eigenvalue weighted by Crippen LogP contribution is -2.28. The van der Waals surface area contributed by atoms with E-state index in [1.54, 1.807) is 0 Å². The number of rotatable bonds is 0. The Morgan fingerprint density at radius 2 is 1.60 bits per heavy atom. The Hall–Kier alpha value is -0.0800. The molecule has 0 bridgehead atoms. The molecule has 0 amide bonds. The Kier molecular flexibility index (Phi) is 5.64. The first-order valence-electron chi connectivity index (χ1n) is 4.05. The minimum Gasteiger partial charge on any atom is -0.333 e. The summed E-state index contributed by atoms with van der Waals surface area (Å²) in [5, 5.41) is 0. The van der Waals surface area contributed by atoms with Crippen molar-refractivity contribution >= 4 is 0 Å². The van der Waals surface area contributed by atoms with Crippen molar-refractivity contribution < 1.29 is 0 Å². The van der Waals surface area contributed by atoms with Gasteiger partial charge in [0.25, 0.3) is 0 Å². The number of likely N-dealkylation sites (tertiary alicyclic amines) is 1. The van der Waals surface area contributed by atoms with Crippen LogP contribution in [0.2, 0.25) is 0 Å². The van der Waals surface area contributed by atoms with E-state index in [4.69, 9.17) is 0 Å². The summed E-state index contributed by atoms with van der Waals surface area (Å²) < 4.78 is 0. The highest BCUT2D eigenvalue weighted by molar-refractivity contribution is 4.65. The van der Waals surface area contributed by atoms with Gasteiger partial charge in [0.05, 0.1) is 0 Å². The molecule has 0 aromatic heterocycles. The second kappa shape index (κ2) is 5.69. The highest BCUT2D eigenvalue weighted by atomic mass is 15.1. The summed E-state index contributed by atoms with van der Waals surface area (Å²) in [5.41, 5.74) is 4.50. The average molecular weight is 144 g/mol. The van der Waals surface area contributed by atoms with E-state index in [1.807, 2.05) is 0 Å². The van der Waals surface area contributed by atoms with E-state index in [-0.39, 0.29) is 0 Å². The molecule has 2 heteroatoms. The monoisotopic (exact) mass is 144 g/mol. The Morgan fingerprint density at radius 3 is 1.90 bits per heavy atom. The minimum absolute atomic E-state index is 0.978. The lowest BCUT2D eigenvalue weighted by atomic mass is 10.00. The Balaban J connectivity index is 0.000000371. The van der Waals surface area contributed by atoms with Crippen molar-refractivity contribution in [1.29, 1.82) is 0 Å². The third-order valence-corrected chi connectivity index (χ3v) is 2.01. The fraction of sp³-hybridized carbons (Fsp3) is 1.00. The first kappa shape index (κ1) is 9.92. The van der Waals surface area contributed by atoms with Gasteiger partial charge in [-0.1, -0.05) is 6.92 Å².